The first-order valence-electron chi connectivity index (χ1n) is 10.6. The normalized spacial score (nSPS) is 17.0. The highest BCUT2D eigenvalue weighted by atomic mass is 14.3. The Morgan fingerprint density at radius 3 is 2.46 bits per heavy atom. The molecule has 1 atom stereocenters. The van der Waals surface area contributed by atoms with E-state index in [1.165, 1.54) is 84.8 Å². The monoisotopic (exact) mass is 344 g/mol. The summed E-state index contributed by atoms with van der Waals surface area (Å²) in [4.78, 5) is 0. The minimum Gasteiger partial charge on any atom is -0.0726 e. The topological polar surface area (TPSA) is 0 Å². The zero-order valence-corrected chi connectivity index (χ0v) is 16.7. The lowest BCUT2D eigenvalue weighted by Crippen LogP contribution is -2.11. The molecule has 0 radical (unpaired) electrons. The second-order valence-electron chi connectivity index (χ2n) is 8.43. The summed E-state index contributed by atoms with van der Waals surface area (Å²) in [6.07, 6.45) is 13.6. The number of hydrogen-bond acceptors (Lipinski definition) is 0. The van der Waals surface area contributed by atoms with Gasteiger partial charge in [-0.2, -0.15) is 0 Å². The van der Waals surface area contributed by atoms with Gasteiger partial charge in [-0.05, 0) is 71.6 Å². The van der Waals surface area contributed by atoms with Crippen LogP contribution in [0.2, 0.25) is 0 Å². The summed E-state index contributed by atoms with van der Waals surface area (Å²) < 4.78 is 0. The Morgan fingerprint density at radius 1 is 0.846 bits per heavy atom. The van der Waals surface area contributed by atoms with Gasteiger partial charge in [0.25, 0.3) is 0 Å². The molecule has 0 nitrogen and oxygen atoms in total. The molecule has 0 saturated heterocycles. The van der Waals surface area contributed by atoms with Gasteiger partial charge >= 0.3 is 0 Å². The van der Waals surface area contributed by atoms with Crippen LogP contribution in [0.5, 0.6) is 0 Å². The molecule has 136 valence electrons. The lowest BCUT2D eigenvalue weighted by molar-refractivity contribution is 0.514. The Bertz CT molecular complexity index is 837. The Kier molecular flexibility index (Phi) is 5.02. The summed E-state index contributed by atoms with van der Waals surface area (Å²) in [6, 6.07) is 11.7. The zero-order valence-electron chi connectivity index (χ0n) is 16.7. The summed E-state index contributed by atoms with van der Waals surface area (Å²) in [7, 11) is 0. The summed E-state index contributed by atoms with van der Waals surface area (Å²) in [5, 5.41) is 0. The number of benzene rings is 2. The third-order valence-corrected chi connectivity index (χ3v) is 6.37. The number of hydrogen-bond donors (Lipinski definition) is 0. The van der Waals surface area contributed by atoms with Gasteiger partial charge in [0.15, 0.2) is 0 Å². The van der Waals surface area contributed by atoms with Gasteiger partial charge in [-0.1, -0.05) is 87.4 Å². The van der Waals surface area contributed by atoms with Crippen molar-refractivity contribution in [2.75, 3.05) is 0 Å². The van der Waals surface area contributed by atoms with Crippen molar-refractivity contribution in [3.8, 4) is 11.1 Å². The van der Waals surface area contributed by atoms with Crippen LogP contribution in [0.4, 0.5) is 0 Å². The van der Waals surface area contributed by atoms with Crippen LogP contribution >= 0.6 is 0 Å². The van der Waals surface area contributed by atoms with Crippen molar-refractivity contribution in [1.29, 1.82) is 0 Å². The Labute approximate surface area is 159 Å². The van der Waals surface area contributed by atoms with Crippen LogP contribution in [0.25, 0.3) is 16.7 Å². The van der Waals surface area contributed by atoms with Crippen LogP contribution in [0.1, 0.15) is 79.7 Å². The van der Waals surface area contributed by atoms with E-state index in [2.05, 4.69) is 57.2 Å². The molecular weight excluding hydrogens is 312 g/mol. The highest BCUT2D eigenvalue weighted by molar-refractivity contribution is 6.03. The van der Waals surface area contributed by atoms with Crippen molar-refractivity contribution in [3.05, 3.63) is 64.2 Å². The highest BCUT2D eigenvalue weighted by Crippen LogP contribution is 2.50. The molecule has 0 aliphatic heterocycles. The molecular formula is C26H32. The summed E-state index contributed by atoms with van der Waals surface area (Å²) >= 11 is 0. The first-order valence-corrected chi connectivity index (χ1v) is 10.6. The van der Waals surface area contributed by atoms with E-state index < -0.39 is 0 Å². The third-order valence-electron chi connectivity index (χ3n) is 6.37. The van der Waals surface area contributed by atoms with Gasteiger partial charge in [0.1, 0.15) is 0 Å². The maximum Gasteiger partial charge on any atom is -0.00671 e. The Balaban J connectivity index is 1.58. The molecule has 4 rings (SSSR count). The molecule has 26 heavy (non-hydrogen) atoms. The number of rotatable bonds is 7. The average Bonchev–Trinajstić information content (AvgIpc) is 2.95. The van der Waals surface area contributed by atoms with E-state index in [-0.39, 0.29) is 0 Å². The van der Waals surface area contributed by atoms with Gasteiger partial charge in [0.05, 0.1) is 0 Å². The second-order valence-corrected chi connectivity index (χ2v) is 8.43. The SMILES string of the molecule is CCCCCCCCC1C=C2c3cc(C)ccc3-c3ccc(C)c(c32)C1. The maximum atomic E-state index is 2.61. The molecule has 0 heteroatoms. The van der Waals surface area contributed by atoms with E-state index in [1.807, 2.05) is 0 Å². The van der Waals surface area contributed by atoms with E-state index in [4.69, 9.17) is 0 Å². The van der Waals surface area contributed by atoms with Crippen molar-refractivity contribution >= 4 is 5.57 Å². The third kappa shape index (κ3) is 3.15. The van der Waals surface area contributed by atoms with Crippen molar-refractivity contribution in [3.63, 3.8) is 0 Å². The zero-order chi connectivity index (χ0) is 18.1. The predicted molar refractivity (Wildman–Crippen MR) is 114 cm³/mol. The summed E-state index contributed by atoms with van der Waals surface area (Å²) in [6.45, 7) is 6.81. The minimum absolute atomic E-state index is 0.712. The molecule has 2 aromatic carbocycles. The van der Waals surface area contributed by atoms with Crippen molar-refractivity contribution in [1.82, 2.24) is 0 Å². The molecule has 0 spiro atoms. The fraction of sp³-hybridized carbons (Fsp3) is 0.462. The van der Waals surface area contributed by atoms with Gasteiger partial charge in [-0.3, -0.25) is 0 Å². The van der Waals surface area contributed by atoms with Crippen molar-refractivity contribution in [2.24, 2.45) is 5.92 Å². The predicted octanol–water partition coefficient (Wildman–Crippen LogP) is 7.64. The molecule has 0 saturated carbocycles. The lowest BCUT2D eigenvalue weighted by atomic mass is 9.80. The van der Waals surface area contributed by atoms with Gasteiger partial charge in [-0.25, -0.2) is 0 Å². The molecule has 0 heterocycles. The van der Waals surface area contributed by atoms with Crippen LogP contribution in [0.3, 0.4) is 0 Å². The second kappa shape index (κ2) is 7.43. The average molecular weight is 345 g/mol. The van der Waals surface area contributed by atoms with Crippen LogP contribution in [0.15, 0.2) is 36.4 Å². The Hall–Kier alpha value is -1.82. The molecule has 0 N–H and O–H groups in total. The van der Waals surface area contributed by atoms with Crippen molar-refractivity contribution < 1.29 is 0 Å². The number of fused-ring (bicyclic) bond motifs is 3. The van der Waals surface area contributed by atoms with Crippen LogP contribution in [-0.2, 0) is 6.42 Å². The van der Waals surface area contributed by atoms with Crippen LogP contribution in [0, 0.1) is 19.8 Å². The first kappa shape index (κ1) is 17.6. The molecule has 0 aromatic heterocycles. The molecule has 2 aliphatic rings. The molecule has 0 bridgehead atoms. The van der Waals surface area contributed by atoms with Gasteiger partial charge in [-0.15, -0.1) is 0 Å². The van der Waals surface area contributed by atoms with E-state index in [0.29, 0.717) is 5.92 Å². The Morgan fingerprint density at radius 2 is 1.62 bits per heavy atom. The molecule has 1 unspecified atom stereocenters. The molecule has 0 fully saturated rings. The van der Waals surface area contributed by atoms with E-state index in [0.717, 1.165) is 0 Å². The highest BCUT2D eigenvalue weighted by Gasteiger charge is 2.31. The smallest absolute Gasteiger partial charge is 0.00671 e. The van der Waals surface area contributed by atoms with Gasteiger partial charge in [0.2, 0.25) is 0 Å². The van der Waals surface area contributed by atoms with E-state index in [1.54, 1.807) is 11.1 Å². The lowest BCUT2D eigenvalue weighted by Gasteiger charge is -2.24. The van der Waals surface area contributed by atoms with Gasteiger partial charge < -0.3 is 0 Å². The maximum absolute atomic E-state index is 2.61. The first-order chi connectivity index (χ1) is 12.7. The summed E-state index contributed by atoms with van der Waals surface area (Å²) in [5.74, 6) is 0.712. The van der Waals surface area contributed by atoms with Crippen LogP contribution < -0.4 is 0 Å². The molecule has 2 aliphatic carbocycles. The fourth-order valence-electron chi connectivity index (χ4n) is 4.90. The van der Waals surface area contributed by atoms with Gasteiger partial charge in [0, 0.05) is 0 Å². The number of unbranched alkanes of at least 4 members (excludes halogenated alkanes) is 5. The minimum atomic E-state index is 0.712. The summed E-state index contributed by atoms with van der Waals surface area (Å²) in [5.41, 5.74) is 11.9. The fourth-order valence-corrected chi connectivity index (χ4v) is 4.90. The molecule has 2 aromatic rings. The number of allylic oxidation sites excluding steroid dienone is 1. The van der Waals surface area contributed by atoms with Crippen LogP contribution in [-0.4, -0.2) is 0 Å². The van der Waals surface area contributed by atoms with Crippen molar-refractivity contribution in [2.45, 2.75) is 72.1 Å². The largest absolute Gasteiger partial charge is 0.0726 e. The number of aryl methyl sites for hydroxylation is 2. The van der Waals surface area contributed by atoms with E-state index >= 15 is 0 Å². The standard InChI is InChI=1S/C26H32/c1-4-5-6-7-8-9-10-20-16-23-19(3)12-14-22-21-13-11-18(2)15-24(21)25(17-20)26(22)23/h11-15,17,20H,4-10,16H2,1-3H3. The molecule has 0 amide bonds. The quantitative estimate of drug-likeness (QED) is 0.386. The van der Waals surface area contributed by atoms with E-state index in [9.17, 15) is 0 Å².